The SMILES string of the molecule is CC1(C)O[C@H]2O[C@H](Cn3cc(Cn4c(O)c(N=Nc5ccc(F)cc5)c5ccccc54)nn3)[C@H](O)[C@H]2O1. The second kappa shape index (κ2) is 8.99. The maximum atomic E-state index is 13.2. The van der Waals surface area contributed by atoms with Crippen molar-refractivity contribution in [2.24, 2.45) is 10.2 Å². The van der Waals surface area contributed by atoms with Crippen LogP contribution in [0.1, 0.15) is 19.5 Å². The number of aromatic hydroxyl groups is 1. The van der Waals surface area contributed by atoms with Crippen LogP contribution in [0.2, 0.25) is 0 Å². The molecule has 2 aromatic heterocycles. The number of ether oxygens (including phenoxy) is 3. The smallest absolute Gasteiger partial charge is 0.221 e. The Kier molecular flexibility index (Phi) is 5.75. The highest BCUT2D eigenvalue weighted by Crippen LogP contribution is 2.40. The Morgan fingerprint density at radius 2 is 1.86 bits per heavy atom. The van der Waals surface area contributed by atoms with Crippen LogP contribution in [0, 0.1) is 5.82 Å². The van der Waals surface area contributed by atoms with E-state index in [1.807, 2.05) is 24.3 Å². The van der Waals surface area contributed by atoms with E-state index in [1.54, 1.807) is 29.3 Å². The monoisotopic (exact) mass is 508 g/mol. The second-order valence-electron chi connectivity index (χ2n) is 9.52. The third kappa shape index (κ3) is 4.48. The molecule has 0 saturated carbocycles. The molecule has 2 aliphatic heterocycles. The molecule has 4 atom stereocenters. The van der Waals surface area contributed by atoms with Gasteiger partial charge in [0.15, 0.2) is 17.8 Å². The molecule has 11 nitrogen and oxygen atoms in total. The van der Waals surface area contributed by atoms with Gasteiger partial charge in [-0.25, -0.2) is 9.07 Å². The van der Waals surface area contributed by atoms with Gasteiger partial charge in [-0.3, -0.25) is 0 Å². The number of hydrogen-bond acceptors (Lipinski definition) is 9. The van der Waals surface area contributed by atoms with Crippen LogP contribution in [-0.4, -0.2) is 60.2 Å². The number of para-hydroxylation sites is 1. The number of fused-ring (bicyclic) bond motifs is 2. The summed E-state index contributed by atoms with van der Waals surface area (Å²) >= 11 is 0. The number of nitrogens with zero attached hydrogens (tertiary/aromatic N) is 6. The lowest BCUT2D eigenvalue weighted by molar-refractivity contribution is -0.216. The molecule has 2 N–H and O–H groups in total. The van der Waals surface area contributed by atoms with Gasteiger partial charge >= 0.3 is 0 Å². The van der Waals surface area contributed by atoms with Crippen molar-refractivity contribution in [3.63, 3.8) is 0 Å². The minimum Gasteiger partial charge on any atom is -0.493 e. The van der Waals surface area contributed by atoms with Gasteiger partial charge in [0.1, 0.15) is 29.8 Å². The van der Waals surface area contributed by atoms with E-state index >= 15 is 0 Å². The number of aliphatic hydroxyl groups is 1. The zero-order chi connectivity index (χ0) is 25.7. The highest BCUT2D eigenvalue weighted by atomic mass is 19.1. The lowest BCUT2D eigenvalue weighted by Gasteiger charge is -2.22. The third-order valence-corrected chi connectivity index (χ3v) is 6.40. The summed E-state index contributed by atoms with van der Waals surface area (Å²) in [7, 11) is 0. The quantitative estimate of drug-likeness (QED) is 0.379. The maximum Gasteiger partial charge on any atom is 0.221 e. The van der Waals surface area contributed by atoms with Crippen LogP contribution in [0.3, 0.4) is 0 Å². The molecule has 2 saturated heterocycles. The standard InChI is InChI=1S/C25H25FN6O5/c1-25(2)36-22-21(33)19(35-24(22)37-25)13-31-11-16(28-30-31)12-32-18-6-4-3-5-17(18)20(23(32)34)29-27-15-9-7-14(26)8-10-15/h3-11,19,21-22,24,33-34H,12-13H2,1-2H3/t19-,21+,22-,24-/m1/s1. The molecular weight excluding hydrogens is 483 g/mol. The molecule has 2 fully saturated rings. The Bertz CT molecular complexity index is 1470. The highest BCUT2D eigenvalue weighted by Gasteiger charge is 2.54. The van der Waals surface area contributed by atoms with Gasteiger partial charge in [0.25, 0.3) is 0 Å². The van der Waals surface area contributed by atoms with Crippen molar-refractivity contribution in [3.8, 4) is 5.88 Å². The zero-order valence-corrected chi connectivity index (χ0v) is 20.1. The topological polar surface area (TPSA) is 129 Å². The van der Waals surface area contributed by atoms with Gasteiger partial charge in [-0.1, -0.05) is 23.4 Å². The maximum absolute atomic E-state index is 13.2. The Labute approximate surface area is 210 Å². The summed E-state index contributed by atoms with van der Waals surface area (Å²) in [5, 5.41) is 39.1. The fraction of sp³-hybridized carbons (Fsp3) is 0.360. The summed E-state index contributed by atoms with van der Waals surface area (Å²) in [4.78, 5) is 0. The predicted molar refractivity (Wildman–Crippen MR) is 128 cm³/mol. The molecule has 192 valence electrons. The summed E-state index contributed by atoms with van der Waals surface area (Å²) in [6.07, 6.45) is -0.910. The molecular formula is C25H25FN6O5. The van der Waals surface area contributed by atoms with Gasteiger partial charge in [0, 0.05) is 5.39 Å². The molecule has 0 bridgehead atoms. The summed E-state index contributed by atoms with van der Waals surface area (Å²) in [5.74, 6) is -1.25. The van der Waals surface area contributed by atoms with Crippen LogP contribution in [0.4, 0.5) is 15.8 Å². The minimum atomic E-state index is -0.870. The average molecular weight is 509 g/mol. The molecule has 0 aliphatic carbocycles. The summed E-state index contributed by atoms with van der Waals surface area (Å²) in [6.45, 7) is 4.02. The highest BCUT2D eigenvalue weighted by molar-refractivity contribution is 5.95. The number of hydrogen-bond donors (Lipinski definition) is 2. The van der Waals surface area contributed by atoms with Crippen LogP contribution < -0.4 is 0 Å². The zero-order valence-electron chi connectivity index (χ0n) is 20.1. The largest absolute Gasteiger partial charge is 0.493 e. The first kappa shape index (κ1) is 23.7. The molecule has 4 aromatic rings. The predicted octanol–water partition coefficient (Wildman–Crippen LogP) is 3.78. The molecule has 12 heteroatoms. The molecule has 2 aliphatic rings. The van der Waals surface area contributed by atoms with Crippen molar-refractivity contribution in [1.82, 2.24) is 19.6 Å². The van der Waals surface area contributed by atoms with Gasteiger partial charge in [0.05, 0.1) is 30.5 Å². The van der Waals surface area contributed by atoms with Crippen molar-refractivity contribution in [2.45, 2.75) is 57.3 Å². The number of azo groups is 1. The first-order valence-corrected chi connectivity index (χ1v) is 11.8. The number of aromatic nitrogens is 4. The first-order chi connectivity index (χ1) is 17.8. The van der Waals surface area contributed by atoms with Crippen LogP contribution in [-0.2, 0) is 27.3 Å². The summed E-state index contributed by atoms with van der Waals surface area (Å²) in [5.41, 5.74) is 2.07. The van der Waals surface area contributed by atoms with Gasteiger partial charge in [-0.05, 0) is 44.2 Å². The van der Waals surface area contributed by atoms with E-state index in [-0.39, 0.29) is 24.8 Å². The minimum absolute atomic E-state index is 0.0825. The number of benzene rings is 2. The molecule has 4 heterocycles. The van der Waals surface area contributed by atoms with Crippen molar-refractivity contribution in [2.75, 3.05) is 0 Å². The third-order valence-electron chi connectivity index (χ3n) is 6.40. The molecule has 0 radical (unpaired) electrons. The normalized spacial score (nSPS) is 24.9. The summed E-state index contributed by atoms with van der Waals surface area (Å²) < 4.78 is 33.7. The summed E-state index contributed by atoms with van der Waals surface area (Å²) in [6, 6.07) is 13.0. The average Bonchev–Trinajstić information content (AvgIpc) is 3.58. The van der Waals surface area contributed by atoms with Gasteiger partial charge in [-0.2, -0.15) is 5.11 Å². The number of rotatable bonds is 6. The molecule has 6 rings (SSSR count). The molecule has 37 heavy (non-hydrogen) atoms. The van der Waals surface area contributed by atoms with E-state index in [1.165, 1.54) is 24.3 Å². The van der Waals surface area contributed by atoms with E-state index in [4.69, 9.17) is 14.2 Å². The molecule has 2 aromatic carbocycles. The fourth-order valence-electron chi connectivity index (χ4n) is 4.70. The van der Waals surface area contributed by atoms with Crippen LogP contribution in [0.15, 0.2) is 65.0 Å². The van der Waals surface area contributed by atoms with Crippen molar-refractivity contribution < 1.29 is 28.8 Å². The van der Waals surface area contributed by atoms with Crippen LogP contribution in [0.25, 0.3) is 10.9 Å². The number of halogens is 1. The first-order valence-electron chi connectivity index (χ1n) is 11.8. The van der Waals surface area contributed by atoms with Gasteiger partial charge in [0.2, 0.25) is 5.88 Å². The van der Waals surface area contributed by atoms with Crippen LogP contribution in [0.5, 0.6) is 5.88 Å². The molecule has 0 amide bonds. The Morgan fingerprint density at radius 1 is 1.08 bits per heavy atom. The lowest BCUT2D eigenvalue weighted by atomic mass is 10.1. The van der Waals surface area contributed by atoms with Crippen molar-refractivity contribution >= 4 is 22.3 Å². The lowest BCUT2D eigenvalue weighted by Crippen LogP contribution is -2.36. The molecule has 0 spiro atoms. The van der Waals surface area contributed by atoms with Crippen LogP contribution >= 0.6 is 0 Å². The Hall–Kier alpha value is -3.71. The van der Waals surface area contributed by atoms with E-state index < -0.39 is 30.4 Å². The van der Waals surface area contributed by atoms with E-state index in [9.17, 15) is 14.6 Å². The number of aliphatic hydroxyl groups excluding tert-OH is 1. The van der Waals surface area contributed by atoms with Crippen molar-refractivity contribution in [1.29, 1.82) is 0 Å². The fourth-order valence-corrected chi connectivity index (χ4v) is 4.70. The second-order valence-corrected chi connectivity index (χ2v) is 9.52. The van der Waals surface area contributed by atoms with E-state index in [2.05, 4.69) is 20.5 Å². The van der Waals surface area contributed by atoms with Gasteiger partial charge in [-0.15, -0.1) is 10.2 Å². The van der Waals surface area contributed by atoms with E-state index in [0.29, 0.717) is 22.5 Å². The van der Waals surface area contributed by atoms with Gasteiger partial charge < -0.3 is 29.0 Å². The molecule has 0 unspecified atom stereocenters. The Morgan fingerprint density at radius 3 is 2.65 bits per heavy atom. The van der Waals surface area contributed by atoms with E-state index in [0.717, 1.165) is 5.52 Å². The Balaban J connectivity index is 1.21. The van der Waals surface area contributed by atoms with Crippen molar-refractivity contribution in [3.05, 3.63) is 66.2 Å².